The fraction of sp³-hybridized carbons (Fsp3) is 0.391. The average molecular weight is 425 g/mol. The van der Waals surface area contributed by atoms with E-state index in [4.69, 9.17) is 18.9 Å². The van der Waals surface area contributed by atoms with E-state index in [9.17, 15) is 4.39 Å². The summed E-state index contributed by atoms with van der Waals surface area (Å²) in [6.45, 7) is 4.41. The van der Waals surface area contributed by atoms with Crippen molar-refractivity contribution in [2.24, 2.45) is 0 Å². The maximum absolute atomic E-state index is 13.9. The monoisotopic (exact) mass is 425 g/mol. The van der Waals surface area contributed by atoms with Crippen molar-refractivity contribution in [2.45, 2.75) is 38.3 Å². The van der Waals surface area contributed by atoms with E-state index >= 15 is 0 Å². The predicted octanol–water partition coefficient (Wildman–Crippen LogP) is 3.88. The lowest BCUT2D eigenvalue weighted by molar-refractivity contribution is 0.0271. The highest BCUT2D eigenvalue weighted by molar-refractivity contribution is 5.93. The molecular weight excluding hydrogens is 401 g/mol. The number of aryl methyl sites for hydroxylation is 2. The van der Waals surface area contributed by atoms with Crippen LogP contribution in [-0.4, -0.2) is 54.8 Å². The molecule has 2 aromatic carbocycles. The Morgan fingerprint density at radius 1 is 0.968 bits per heavy atom. The summed E-state index contributed by atoms with van der Waals surface area (Å²) in [5.41, 5.74) is 3.97. The summed E-state index contributed by atoms with van der Waals surface area (Å²) in [6, 6.07) is 9.89. The van der Waals surface area contributed by atoms with Gasteiger partial charge < -0.3 is 24.3 Å². The summed E-state index contributed by atoms with van der Waals surface area (Å²) >= 11 is 0. The lowest BCUT2D eigenvalue weighted by Gasteiger charge is -2.20. The van der Waals surface area contributed by atoms with Crippen LogP contribution in [0.5, 0.6) is 11.5 Å². The first kappa shape index (κ1) is 20.0. The van der Waals surface area contributed by atoms with Gasteiger partial charge in [-0.3, -0.25) is 0 Å². The smallest absolute Gasteiger partial charge is 0.164 e. The van der Waals surface area contributed by atoms with Gasteiger partial charge in [-0.25, -0.2) is 14.4 Å². The second kappa shape index (κ2) is 7.94. The summed E-state index contributed by atoms with van der Waals surface area (Å²) in [7, 11) is 1.58. The van der Waals surface area contributed by atoms with E-state index in [1.807, 2.05) is 6.07 Å². The van der Waals surface area contributed by atoms with Crippen LogP contribution < -0.4 is 14.8 Å². The highest BCUT2D eigenvalue weighted by atomic mass is 19.1. The van der Waals surface area contributed by atoms with Gasteiger partial charge in [0.2, 0.25) is 0 Å². The summed E-state index contributed by atoms with van der Waals surface area (Å²) in [5.74, 6) is 1.71. The Morgan fingerprint density at radius 3 is 2.52 bits per heavy atom. The van der Waals surface area contributed by atoms with Gasteiger partial charge in [0.15, 0.2) is 23.8 Å². The van der Waals surface area contributed by atoms with E-state index in [0.717, 1.165) is 22.2 Å². The fourth-order valence-corrected chi connectivity index (χ4v) is 4.28. The molecule has 8 heteroatoms. The van der Waals surface area contributed by atoms with Crippen molar-refractivity contribution < 1.29 is 23.3 Å². The molecular formula is C23H24FN3O4. The Hall–Kier alpha value is -2.97. The zero-order chi connectivity index (χ0) is 21.5. The Kier molecular flexibility index (Phi) is 5.11. The Balaban J connectivity index is 1.46. The molecule has 0 amide bonds. The van der Waals surface area contributed by atoms with Gasteiger partial charge in [-0.05, 0) is 43.2 Å². The van der Waals surface area contributed by atoms with Gasteiger partial charge in [0.05, 0.1) is 25.8 Å². The number of methoxy groups -OCH3 is 1. The van der Waals surface area contributed by atoms with Crippen molar-refractivity contribution in [3.05, 3.63) is 47.8 Å². The molecule has 0 spiro atoms. The van der Waals surface area contributed by atoms with E-state index in [0.29, 0.717) is 22.8 Å². The first-order valence-corrected chi connectivity index (χ1v) is 10.2. The van der Waals surface area contributed by atoms with Crippen LogP contribution in [-0.2, 0) is 9.47 Å². The lowest BCUT2D eigenvalue weighted by Crippen LogP contribution is -2.33. The fourth-order valence-electron chi connectivity index (χ4n) is 4.28. The lowest BCUT2D eigenvalue weighted by atomic mass is 10.1. The normalized spacial score (nSPS) is 24.9. The molecule has 4 atom stereocenters. The molecule has 5 rings (SSSR count). The Labute approximate surface area is 179 Å². The number of anilines is 2. The molecule has 1 aromatic heterocycles. The average Bonchev–Trinajstić information content (AvgIpc) is 3.30. The molecule has 0 aliphatic carbocycles. The van der Waals surface area contributed by atoms with Gasteiger partial charge >= 0.3 is 0 Å². The van der Waals surface area contributed by atoms with E-state index in [1.54, 1.807) is 13.2 Å². The van der Waals surface area contributed by atoms with Crippen molar-refractivity contribution in [3.8, 4) is 11.5 Å². The van der Waals surface area contributed by atoms with Gasteiger partial charge in [0.25, 0.3) is 0 Å². The predicted molar refractivity (Wildman–Crippen MR) is 114 cm³/mol. The largest absolute Gasteiger partial charge is 0.493 e. The summed E-state index contributed by atoms with van der Waals surface area (Å²) < 4.78 is 36.7. The van der Waals surface area contributed by atoms with Crippen molar-refractivity contribution in [1.29, 1.82) is 0 Å². The van der Waals surface area contributed by atoms with Gasteiger partial charge in [0.1, 0.15) is 24.4 Å². The molecule has 1 unspecified atom stereocenters. The van der Waals surface area contributed by atoms with E-state index in [-0.39, 0.29) is 13.2 Å². The van der Waals surface area contributed by atoms with Crippen LogP contribution in [0.2, 0.25) is 0 Å². The zero-order valence-electron chi connectivity index (χ0n) is 17.6. The standard InChI is InChI=1S/C23H24FN3O4/c1-12-4-13(2)6-14(5-12)27-23-15-7-18(28-3)19(8-17(15)25-11-26-23)31-20-10-30-21-16(24)9-29-22(20)21/h4-8,11,16,20-22H,9-10H2,1-3H3,(H,25,26,27)/t16-,20?,21+,22+/m1/s1. The van der Waals surface area contributed by atoms with Crippen molar-refractivity contribution in [1.82, 2.24) is 9.97 Å². The number of ether oxygens (including phenoxy) is 4. The highest BCUT2D eigenvalue weighted by Crippen LogP contribution is 2.38. The van der Waals surface area contributed by atoms with Crippen LogP contribution in [0, 0.1) is 13.8 Å². The summed E-state index contributed by atoms with van der Waals surface area (Å²) in [6.07, 6.45) is -1.03. The number of hydrogen-bond acceptors (Lipinski definition) is 7. The Bertz CT molecular complexity index is 1110. The third kappa shape index (κ3) is 3.77. The minimum atomic E-state index is -1.12. The maximum atomic E-state index is 13.9. The zero-order valence-corrected chi connectivity index (χ0v) is 17.6. The number of nitrogens with one attached hydrogen (secondary N) is 1. The summed E-state index contributed by atoms with van der Waals surface area (Å²) in [4.78, 5) is 8.82. The topological polar surface area (TPSA) is 74.7 Å². The number of halogens is 1. The Morgan fingerprint density at radius 2 is 1.74 bits per heavy atom. The number of alkyl halides is 1. The van der Waals surface area contributed by atoms with Crippen LogP contribution in [0.3, 0.4) is 0 Å². The van der Waals surface area contributed by atoms with Crippen LogP contribution in [0.1, 0.15) is 11.1 Å². The molecule has 3 heterocycles. The number of aromatic nitrogens is 2. The van der Waals surface area contributed by atoms with Crippen LogP contribution in [0.25, 0.3) is 10.9 Å². The van der Waals surface area contributed by atoms with Crippen LogP contribution >= 0.6 is 0 Å². The van der Waals surface area contributed by atoms with Crippen LogP contribution in [0.15, 0.2) is 36.7 Å². The minimum absolute atomic E-state index is 0.0325. The van der Waals surface area contributed by atoms with Crippen molar-refractivity contribution in [2.75, 3.05) is 25.6 Å². The molecule has 2 aliphatic rings. The van der Waals surface area contributed by atoms with Crippen molar-refractivity contribution >= 4 is 22.4 Å². The number of rotatable bonds is 5. The summed E-state index contributed by atoms with van der Waals surface area (Å²) in [5, 5.41) is 4.18. The molecule has 2 fully saturated rings. The van der Waals surface area contributed by atoms with Gasteiger partial charge in [-0.2, -0.15) is 0 Å². The molecule has 2 saturated heterocycles. The van der Waals surface area contributed by atoms with Gasteiger partial charge in [-0.1, -0.05) is 6.07 Å². The number of fused-ring (bicyclic) bond motifs is 2. The van der Waals surface area contributed by atoms with Gasteiger partial charge in [0, 0.05) is 17.1 Å². The molecule has 31 heavy (non-hydrogen) atoms. The number of hydrogen-bond donors (Lipinski definition) is 1. The molecule has 1 N–H and O–H groups in total. The second-order valence-electron chi connectivity index (χ2n) is 8.01. The molecule has 7 nitrogen and oxygen atoms in total. The molecule has 2 aliphatic heterocycles. The van der Waals surface area contributed by atoms with E-state index in [2.05, 4.69) is 47.3 Å². The molecule has 3 aromatic rings. The number of benzene rings is 2. The third-order valence-electron chi connectivity index (χ3n) is 5.63. The van der Waals surface area contributed by atoms with E-state index < -0.39 is 24.5 Å². The number of nitrogens with zero attached hydrogens (tertiary/aromatic N) is 2. The second-order valence-corrected chi connectivity index (χ2v) is 8.01. The molecule has 0 saturated carbocycles. The van der Waals surface area contributed by atoms with Gasteiger partial charge in [-0.15, -0.1) is 0 Å². The first-order chi connectivity index (χ1) is 15.0. The maximum Gasteiger partial charge on any atom is 0.164 e. The van der Waals surface area contributed by atoms with E-state index in [1.165, 1.54) is 6.33 Å². The molecule has 0 radical (unpaired) electrons. The highest BCUT2D eigenvalue weighted by Gasteiger charge is 2.49. The third-order valence-corrected chi connectivity index (χ3v) is 5.63. The molecule has 162 valence electrons. The molecule has 0 bridgehead atoms. The quantitative estimate of drug-likeness (QED) is 0.665. The van der Waals surface area contributed by atoms with Crippen LogP contribution in [0.4, 0.5) is 15.9 Å². The van der Waals surface area contributed by atoms with Crippen molar-refractivity contribution in [3.63, 3.8) is 0 Å². The minimum Gasteiger partial charge on any atom is -0.493 e. The first-order valence-electron chi connectivity index (χ1n) is 10.2. The SMILES string of the molecule is COc1cc2c(Nc3cc(C)cc(C)c3)ncnc2cc1OC1CO[C@H]2[C@H](F)CO[C@@H]12.